The van der Waals surface area contributed by atoms with Crippen molar-refractivity contribution in [1.82, 2.24) is 24.9 Å². The van der Waals surface area contributed by atoms with Crippen LogP contribution in [0.3, 0.4) is 0 Å². The van der Waals surface area contributed by atoms with E-state index in [4.69, 9.17) is 20.8 Å². The van der Waals surface area contributed by atoms with Gasteiger partial charge < -0.3 is 14.5 Å². The molecule has 5 aromatic rings. The first-order valence-electron chi connectivity index (χ1n) is 18.8. The molecule has 1 aliphatic carbocycles. The van der Waals surface area contributed by atoms with Crippen molar-refractivity contribution < 1.29 is 14.0 Å². The van der Waals surface area contributed by atoms with E-state index >= 15 is 0 Å². The van der Waals surface area contributed by atoms with Gasteiger partial charge in [0.05, 0.1) is 36.7 Å². The molecule has 3 aromatic carbocycles. The van der Waals surface area contributed by atoms with Crippen LogP contribution in [0.25, 0.3) is 10.8 Å². The molecule has 2 saturated heterocycles. The Morgan fingerprint density at radius 1 is 0.981 bits per heavy atom. The molecule has 4 heterocycles. The quantitative estimate of drug-likeness (QED) is 0.168. The van der Waals surface area contributed by atoms with Crippen LogP contribution in [0.2, 0.25) is 10.1 Å². The number of aromatic nitrogens is 4. The topological polar surface area (TPSA) is 94.4 Å². The Hall–Kier alpha value is -3.93. The summed E-state index contributed by atoms with van der Waals surface area (Å²) in [7, 11) is -0.975. The molecule has 4 unspecified atom stereocenters. The number of rotatable bonds is 9. The van der Waals surface area contributed by atoms with Gasteiger partial charge >= 0.3 is 0 Å². The van der Waals surface area contributed by atoms with Crippen LogP contribution in [0, 0.1) is 5.92 Å². The van der Waals surface area contributed by atoms with Gasteiger partial charge in [-0.15, -0.1) is 0 Å². The van der Waals surface area contributed by atoms with Gasteiger partial charge in [0.1, 0.15) is 5.82 Å². The molecule has 2 aromatic heterocycles. The first-order chi connectivity index (χ1) is 25.5. The number of ether oxygens (including phenoxy) is 1. The smallest absolute Gasteiger partial charge is 0.261 e. The number of hydrogen-bond acceptors (Lipinski definition) is 7. The van der Waals surface area contributed by atoms with Crippen molar-refractivity contribution in [2.24, 2.45) is 13.0 Å². The number of fused-ring (bicyclic) bond motifs is 1. The third kappa shape index (κ3) is 6.74. The molecule has 8 rings (SSSR count). The Morgan fingerprint density at radius 3 is 2.28 bits per heavy atom. The number of piperidine rings is 1. The van der Waals surface area contributed by atoms with E-state index in [1.807, 2.05) is 12.1 Å². The van der Waals surface area contributed by atoms with Gasteiger partial charge in [0.2, 0.25) is 5.91 Å². The van der Waals surface area contributed by atoms with Crippen LogP contribution in [0.1, 0.15) is 70.1 Å². The van der Waals surface area contributed by atoms with Crippen molar-refractivity contribution in [1.29, 1.82) is 0 Å². The molecule has 4 atom stereocenters. The van der Waals surface area contributed by atoms with E-state index in [-0.39, 0.29) is 34.4 Å². The average molecular weight is 749 g/mol. The standard InChI is InChI=1S/C42H49ClN6O3Si/c1-41(2,3)53(31-12-8-6-9-13-31,32-14-10-7-11-15-32)52-38-26-51-27-42(38,4)49-18-16-28(17-19-49)33-20-29-22-39(44-24-30(29)21-36(33)43)46-40(50)35-23-34(35)37-25-45-48(5)47-37/h6-15,20-22,24-25,28,34-35,38H,16-19,23,26-27H2,1-5H3,(H,44,46,50). The van der Waals surface area contributed by atoms with Crippen molar-refractivity contribution in [2.45, 2.75) is 75.5 Å². The number of halogens is 1. The molecule has 53 heavy (non-hydrogen) atoms. The van der Waals surface area contributed by atoms with Crippen molar-refractivity contribution in [3.63, 3.8) is 0 Å². The van der Waals surface area contributed by atoms with Crippen molar-refractivity contribution in [2.75, 3.05) is 31.6 Å². The van der Waals surface area contributed by atoms with E-state index < -0.39 is 8.32 Å². The van der Waals surface area contributed by atoms with Gasteiger partial charge in [0.15, 0.2) is 0 Å². The summed E-state index contributed by atoms with van der Waals surface area (Å²) in [5, 5.41) is 16.8. The predicted molar refractivity (Wildman–Crippen MR) is 212 cm³/mol. The summed E-state index contributed by atoms with van der Waals surface area (Å²) in [6, 6.07) is 27.9. The second kappa shape index (κ2) is 14.0. The van der Waals surface area contributed by atoms with Crippen LogP contribution in [0.4, 0.5) is 5.82 Å². The number of pyridine rings is 1. The number of amides is 1. The summed E-state index contributed by atoms with van der Waals surface area (Å²) in [4.78, 5) is 21.8. The van der Waals surface area contributed by atoms with Crippen LogP contribution in [0.15, 0.2) is 91.3 Å². The summed E-state index contributed by atoms with van der Waals surface area (Å²) in [6.45, 7) is 12.4. The molecule has 9 nitrogen and oxygen atoms in total. The van der Waals surface area contributed by atoms with Crippen molar-refractivity contribution >= 4 is 52.8 Å². The van der Waals surface area contributed by atoms with Crippen LogP contribution in [-0.2, 0) is 21.0 Å². The zero-order valence-electron chi connectivity index (χ0n) is 31.3. The summed E-state index contributed by atoms with van der Waals surface area (Å²) in [6.07, 6.45) is 6.19. The number of nitrogens with zero attached hydrogens (tertiary/aromatic N) is 5. The molecule has 276 valence electrons. The fourth-order valence-electron chi connectivity index (χ4n) is 8.83. The highest BCUT2D eigenvalue weighted by Gasteiger charge is 2.56. The average Bonchev–Trinajstić information content (AvgIpc) is 3.71. The van der Waals surface area contributed by atoms with Crippen molar-refractivity contribution in [3.8, 4) is 0 Å². The predicted octanol–water partition coefficient (Wildman–Crippen LogP) is 6.67. The molecule has 0 radical (unpaired) electrons. The zero-order valence-corrected chi connectivity index (χ0v) is 33.0. The minimum absolute atomic E-state index is 0.0318. The molecule has 1 N–H and O–H groups in total. The Kier molecular flexibility index (Phi) is 9.56. The first kappa shape index (κ1) is 36.1. The van der Waals surface area contributed by atoms with Gasteiger partial charge in [0.25, 0.3) is 8.32 Å². The Bertz CT molecular complexity index is 2060. The maximum absolute atomic E-state index is 13.1. The molecule has 0 spiro atoms. The van der Waals surface area contributed by atoms with E-state index in [9.17, 15) is 4.79 Å². The minimum Gasteiger partial charge on any atom is -0.400 e. The SMILES string of the molecule is Cn1ncc(C2CC2C(=O)Nc2cc3cc(C4CCN(C5(C)COCC5O[Si](c5ccccc5)(c5ccccc5)C(C)(C)C)CC4)c(Cl)cc3cn2)n1. The Labute approximate surface area is 318 Å². The number of hydrogen-bond donors (Lipinski definition) is 1. The van der Waals surface area contributed by atoms with E-state index in [1.54, 1.807) is 19.4 Å². The van der Waals surface area contributed by atoms with Crippen LogP contribution < -0.4 is 15.7 Å². The summed E-state index contributed by atoms with van der Waals surface area (Å²) in [5.74, 6) is 0.829. The van der Waals surface area contributed by atoms with Gasteiger partial charge in [-0.25, -0.2) is 4.98 Å². The van der Waals surface area contributed by atoms with Gasteiger partial charge in [-0.2, -0.15) is 15.0 Å². The molecule has 1 saturated carbocycles. The summed E-state index contributed by atoms with van der Waals surface area (Å²) < 4.78 is 14.0. The van der Waals surface area contributed by atoms with Gasteiger partial charge in [0, 0.05) is 35.5 Å². The number of likely N-dealkylation sites (tertiary alicyclic amines) is 1. The fourth-order valence-corrected chi connectivity index (χ4v) is 13.9. The third-order valence-corrected chi connectivity index (χ3v) is 17.3. The van der Waals surface area contributed by atoms with Crippen LogP contribution in [0.5, 0.6) is 0 Å². The molecular formula is C42H49ClN6O3Si. The Balaban J connectivity index is 0.985. The molecule has 3 fully saturated rings. The van der Waals surface area contributed by atoms with E-state index in [2.05, 4.69) is 120 Å². The number of carbonyl (C=O) groups is 1. The molecule has 0 bridgehead atoms. The second-order valence-electron chi connectivity index (χ2n) is 16.4. The highest BCUT2D eigenvalue weighted by molar-refractivity contribution is 6.99. The minimum atomic E-state index is -2.76. The lowest BCUT2D eigenvalue weighted by Crippen LogP contribution is -2.70. The van der Waals surface area contributed by atoms with E-state index in [1.165, 1.54) is 15.2 Å². The zero-order chi connectivity index (χ0) is 37.0. The summed E-state index contributed by atoms with van der Waals surface area (Å²) >= 11 is 6.97. The van der Waals surface area contributed by atoms with E-state index in [0.29, 0.717) is 24.9 Å². The Morgan fingerprint density at radius 2 is 1.66 bits per heavy atom. The number of carbonyl (C=O) groups excluding carboxylic acids is 1. The number of benzene rings is 3. The van der Waals surface area contributed by atoms with Crippen LogP contribution in [-0.4, -0.2) is 77.0 Å². The monoisotopic (exact) mass is 748 g/mol. The lowest BCUT2D eigenvalue weighted by atomic mass is 9.85. The van der Waals surface area contributed by atoms with Gasteiger partial charge in [-0.1, -0.05) is 93.0 Å². The second-order valence-corrected chi connectivity index (χ2v) is 21.1. The lowest BCUT2D eigenvalue weighted by Gasteiger charge is -2.50. The molecule has 2 aliphatic heterocycles. The number of aryl methyl sites for hydroxylation is 1. The largest absolute Gasteiger partial charge is 0.400 e. The van der Waals surface area contributed by atoms with Crippen molar-refractivity contribution in [3.05, 3.63) is 108 Å². The molecule has 11 heteroatoms. The fraction of sp³-hybridized carbons (Fsp3) is 0.429. The molecular weight excluding hydrogens is 700 g/mol. The van der Waals surface area contributed by atoms with E-state index in [0.717, 1.165) is 59.4 Å². The number of nitrogens with one attached hydrogen (secondary N) is 1. The first-order valence-corrected chi connectivity index (χ1v) is 21.1. The normalized spacial score (nSPS) is 24.1. The number of anilines is 1. The molecule has 1 amide bonds. The maximum Gasteiger partial charge on any atom is 0.261 e. The lowest BCUT2D eigenvalue weighted by molar-refractivity contribution is -0.117. The highest BCUT2D eigenvalue weighted by atomic mass is 35.5. The van der Waals surface area contributed by atoms with Gasteiger partial charge in [-0.3, -0.25) is 9.69 Å². The summed E-state index contributed by atoms with van der Waals surface area (Å²) in [5.41, 5.74) is 1.75. The highest BCUT2D eigenvalue weighted by Crippen LogP contribution is 2.47. The third-order valence-electron chi connectivity index (χ3n) is 12.0. The van der Waals surface area contributed by atoms with Crippen LogP contribution >= 0.6 is 11.6 Å². The maximum atomic E-state index is 13.1. The van der Waals surface area contributed by atoms with Gasteiger partial charge in [-0.05, 0) is 89.8 Å². The molecule has 3 aliphatic rings.